The maximum absolute atomic E-state index is 12.9. The Morgan fingerprint density at radius 3 is 2.82 bits per heavy atom. The number of sulfonamides is 1. The maximum Gasteiger partial charge on any atom is 0.257 e. The zero-order valence-electron chi connectivity index (χ0n) is 15.0. The predicted octanol–water partition coefficient (Wildman–Crippen LogP) is 3.75. The van der Waals surface area contributed by atoms with Gasteiger partial charge < -0.3 is 0 Å². The molecule has 1 aliphatic rings. The second-order valence-electron chi connectivity index (χ2n) is 6.58. The van der Waals surface area contributed by atoms with Gasteiger partial charge in [0.25, 0.3) is 5.91 Å². The Morgan fingerprint density at radius 1 is 1.14 bits per heavy atom. The number of rotatable bonds is 5. The van der Waals surface area contributed by atoms with E-state index in [9.17, 15) is 13.2 Å². The molecule has 1 atom stereocenters. The fourth-order valence-electron chi connectivity index (χ4n) is 3.39. The van der Waals surface area contributed by atoms with Gasteiger partial charge in [-0.05, 0) is 48.6 Å². The lowest BCUT2D eigenvalue weighted by Gasteiger charge is -2.26. The number of nitrogens with one attached hydrogen (secondary N) is 2. The van der Waals surface area contributed by atoms with Crippen LogP contribution in [0.5, 0.6) is 0 Å². The summed E-state index contributed by atoms with van der Waals surface area (Å²) in [5.41, 5.74) is 2.47. The van der Waals surface area contributed by atoms with Crippen LogP contribution >= 0.6 is 11.3 Å². The van der Waals surface area contributed by atoms with E-state index in [1.807, 2.05) is 24.3 Å². The van der Waals surface area contributed by atoms with E-state index >= 15 is 0 Å². The lowest BCUT2D eigenvalue weighted by Crippen LogP contribution is -2.31. The van der Waals surface area contributed by atoms with Crippen LogP contribution in [0, 0.1) is 0 Å². The molecule has 3 aromatic rings. The molecular formula is C20H19N3O3S2. The summed E-state index contributed by atoms with van der Waals surface area (Å²) in [5.74, 6) is -0.394. The molecule has 2 N–H and O–H groups in total. The molecular weight excluding hydrogens is 394 g/mol. The Kier molecular flexibility index (Phi) is 5.25. The summed E-state index contributed by atoms with van der Waals surface area (Å²) in [7, 11) is -3.76. The van der Waals surface area contributed by atoms with Crippen LogP contribution in [0.3, 0.4) is 0 Å². The standard InChI is InChI=1S/C20H19N3O3S2/c24-19(22-20-21-11-12-27-20)15-7-3-8-16(13-15)28(25,26)23-18-10-4-6-14-5-1-2-9-17(14)18/h1-3,5,7-9,11-13,18,23H,4,6,10H2,(H,21,22,24). The van der Waals surface area contributed by atoms with Crippen molar-refractivity contribution in [2.24, 2.45) is 0 Å². The van der Waals surface area contributed by atoms with Gasteiger partial charge in [-0.2, -0.15) is 0 Å². The zero-order valence-corrected chi connectivity index (χ0v) is 16.6. The van der Waals surface area contributed by atoms with Crippen molar-refractivity contribution in [1.29, 1.82) is 0 Å². The summed E-state index contributed by atoms with van der Waals surface area (Å²) in [6.45, 7) is 0. The number of benzene rings is 2. The minimum atomic E-state index is -3.76. The molecule has 1 aliphatic carbocycles. The third kappa shape index (κ3) is 3.99. The van der Waals surface area contributed by atoms with Crippen molar-refractivity contribution in [2.75, 3.05) is 5.32 Å². The molecule has 1 amide bonds. The number of amides is 1. The van der Waals surface area contributed by atoms with E-state index in [2.05, 4.69) is 15.0 Å². The molecule has 0 saturated heterocycles. The molecule has 28 heavy (non-hydrogen) atoms. The number of carbonyl (C=O) groups is 1. The van der Waals surface area contributed by atoms with Crippen molar-refractivity contribution < 1.29 is 13.2 Å². The molecule has 1 unspecified atom stereocenters. The summed E-state index contributed by atoms with van der Waals surface area (Å²) in [6, 6.07) is 13.7. The normalized spacial score (nSPS) is 16.4. The topological polar surface area (TPSA) is 88.2 Å². The molecule has 0 aliphatic heterocycles. The van der Waals surface area contributed by atoms with Crippen molar-refractivity contribution in [3.63, 3.8) is 0 Å². The first-order chi connectivity index (χ1) is 13.5. The van der Waals surface area contributed by atoms with E-state index < -0.39 is 15.9 Å². The van der Waals surface area contributed by atoms with Gasteiger partial charge in [0.05, 0.1) is 4.90 Å². The SMILES string of the molecule is O=C(Nc1nccs1)c1cccc(S(=O)(=O)NC2CCCc3ccccc32)c1. The minimum absolute atomic E-state index is 0.0716. The van der Waals surface area contributed by atoms with Crippen LogP contribution in [0.25, 0.3) is 0 Å². The average molecular weight is 414 g/mol. The first kappa shape index (κ1) is 18.8. The molecule has 0 spiro atoms. The molecule has 0 fully saturated rings. The average Bonchev–Trinajstić information content (AvgIpc) is 3.21. The van der Waals surface area contributed by atoms with Crippen molar-refractivity contribution in [3.8, 4) is 0 Å². The van der Waals surface area contributed by atoms with E-state index in [0.717, 1.165) is 24.8 Å². The fraction of sp³-hybridized carbons (Fsp3) is 0.200. The minimum Gasteiger partial charge on any atom is -0.298 e. The van der Waals surface area contributed by atoms with E-state index in [-0.39, 0.29) is 16.5 Å². The first-order valence-electron chi connectivity index (χ1n) is 8.94. The number of thiazole rings is 1. The fourth-order valence-corrected chi connectivity index (χ4v) is 5.21. The van der Waals surface area contributed by atoms with Gasteiger partial charge in [-0.1, -0.05) is 30.3 Å². The molecule has 4 rings (SSSR count). The number of carbonyl (C=O) groups excluding carboxylic acids is 1. The summed E-state index contributed by atoms with van der Waals surface area (Å²) >= 11 is 1.30. The van der Waals surface area contributed by atoms with Crippen molar-refractivity contribution >= 4 is 32.4 Å². The Morgan fingerprint density at radius 2 is 2.00 bits per heavy atom. The van der Waals surface area contributed by atoms with Crippen molar-refractivity contribution in [3.05, 3.63) is 76.8 Å². The number of aryl methyl sites for hydroxylation is 1. The lowest BCUT2D eigenvalue weighted by atomic mass is 9.88. The predicted molar refractivity (Wildman–Crippen MR) is 109 cm³/mol. The molecule has 0 saturated carbocycles. The van der Waals surface area contributed by atoms with E-state index in [4.69, 9.17) is 0 Å². The first-order valence-corrected chi connectivity index (χ1v) is 11.3. The maximum atomic E-state index is 12.9. The number of fused-ring (bicyclic) bond motifs is 1. The van der Waals surface area contributed by atoms with Crippen LogP contribution in [0.4, 0.5) is 5.13 Å². The Labute approximate surface area is 167 Å². The van der Waals surface area contributed by atoms with Crippen LogP contribution in [0.1, 0.15) is 40.4 Å². The molecule has 1 heterocycles. The summed E-state index contributed by atoms with van der Waals surface area (Å²) in [5, 5.41) is 4.88. The molecule has 6 nitrogen and oxygen atoms in total. The van der Waals surface area contributed by atoms with Crippen LogP contribution in [-0.2, 0) is 16.4 Å². The monoisotopic (exact) mass is 413 g/mol. The van der Waals surface area contributed by atoms with Gasteiger partial charge in [0.1, 0.15) is 0 Å². The summed E-state index contributed by atoms with van der Waals surface area (Å²) in [4.78, 5) is 16.5. The number of hydrogen-bond acceptors (Lipinski definition) is 5. The van der Waals surface area contributed by atoms with Crippen LogP contribution in [0.2, 0.25) is 0 Å². The van der Waals surface area contributed by atoms with Gasteiger partial charge in [-0.25, -0.2) is 18.1 Å². The summed E-state index contributed by atoms with van der Waals surface area (Å²) in [6.07, 6.45) is 4.23. The van der Waals surface area contributed by atoms with Crippen molar-refractivity contribution in [1.82, 2.24) is 9.71 Å². The third-order valence-corrected chi connectivity index (χ3v) is 6.88. The summed E-state index contributed by atoms with van der Waals surface area (Å²) < 4.78 is 28.7. The molecule has 8 heteroatoms. The molecule has 144 valence electrons. The van der Waals surface area contributed by atoms with Gasteiger partial charge in [-0.3, -0.25) is 10.1 Å². The number of aromatic nitrogens is 1. The smallest absolute Gasteiger partial charge is 0.257 e. The largest absolute Gasteiger partial charge is 0.298 e. The van der Waals surface area contributed by atoms with Crippen LogP contribution < -0.4 is 10.0 Å². The molecule has 0 radical (unpaired) electrons. The molecule has 0 bridgehead atoms. The highest BCUT2D eigenvalue weighted by Crippen LogP contribution is 2.31. The van der Waals surface area contributed by atoms with E-state index in [0.29, 0.717) is 5.13 Å². The highest BCUT2D eigenvalue weighted by molar-refractivity contribution is 7.89. The number of anilines is 1. The highest BCUT2D eigenvalue weighted by atomic mass is 32.2. The second-order valence-corrected chi connectivity index (χ2v) is 9.19. The van der Waals surface area contributed by atoms with Gasteiger partial charge in [0.2, 0.25) is 10.0 Å². The molecule has 2 aromatic carbocycles. The third-order valence-electron chi connectivity index (χ3n) is 4.73. The van der Waals surface area contributed by atoms with Gasteiger partial charge in [0, 0.05) is 23.2 Å². The van der Waals surface area contributed by atoms with E-state index in [1.54, 1.807) is 23.7 Å². The quantitative estimate of drug-likeness (QED) is 0.667. The second kappa shape index (κ2) is 7.83. The van der Waals surface area contributed by atoms with Crippen molar-refractivity contribution in [2.45, 2.75) is 30.2 Å². The van der Waals surface area contributed by atoms with Gasteiger partial charge >= 0.3 is 0 Å². The Balaban J connectivity index is 1.56. The van der Waals surface area contributed by atoms with E-state index in [1.165, 1.54) is 29.0 Å². The zero-order chi connectivity index (χ0) is 19.6. The lowest BCUT2D eigenvalue weighted by molar-refractivity contribution is 0.102. The Hall–Kier alpha value is -2.55. The van der Waals surface area contributed by atoms with Gasteiger partial charge in [-0.15, -0.1) is 11.3 Å². The molecule has 1 aromatic heterocycles. The van der Waals surface area contributed by atoms with Gasteiger partial charge in [0.15, 0.2) is 5.13 Å². The highest BCUT2D eigenvalue weighted by Gasteiger charge is 2.26. The number of hydrogen-bond donors (Lipinski definition) is 2. The Bertz CT molecular complexity index is 1100. The van der Waals surface area contributed by atoms with Crippen LogP contribution in [-0.4, -0.2) is 19.3 Å². The number of nitrogens with zero attached hydrogens (tertiary/aromatic N) is 1. The van der Waals surface area contributed by atoms with Crippen LogP contribution in [0.15, 0.2) is 65.0 Å².